The van der Waals surface area contributed by atoms with Crippen LogP contribution in [0.15, 0.2) is 64.9 Å². The average molecular weight is 358 g/mol. The number of hydrogen-bond acceptors (Lipinski definition) is 5. The standard InChI is InChI=1S/C18H18N2O2S2/c1-13(14-6-4-3-5-7-14)19-18-20-17(12-23-18)15-8-10-16(11-9-15)24(2,21)22/h3-13H,1-2H3,(H,19,20). The van der Waals surface area contributed by atoms with Crippen LogP contribution >= 0.6 is 11.3 Å². The molecule has 0 spiro atoms. The molecule has 6 heteroatoms. The van der Waals surface area contributed by atoms with Crippen molar-refractivity contribution in [1.29, 1.82) is 0 Å². The maximum Gasteiger partial charge on any atom is 0.183 e. The Balaban J connectivity index is 1.76. The second-order valence-corrected chi connectivity index (χ2v) is 8.48. The lowest BCUT2D eigenvalue weighted by atomic mass is 10.1. The summed E-state index contributed by atoms with van der Waals surface area (Å²) >= 11 is 1.54. The van der Waals surface area contributed by atoms with E-state index in [0.29, 0.717) is 4.90 Å². The van der Waals surface area contributed by atoms with Gasteiger partial charge in [0.2, 0.25) is 0 Å². The molecular formula is C18H18N2O2S2. The number of sulfone groups is 1. The van der Waals surface area contributed by atoms with E-state index < -0.39 is 9.84 Å². The van der Waals surface area contributed by atoms with Gasteiger partial charge in [-0.05, 0) is 24.6 Å². The highest BCUT2D eigenvalue weighted by molar-refractivity contribution is 7.90. The minimum atomic E-state index is -3.17. The van der Waals surface area contributed by atoms with Crippen molar-refractivity contribution in [2.75, 3.05) is 11.6 Å². The van der Waals surface area contributed by atoms with Crippen LogP contribution in [0.4, 0.5) is 5.13 Å². The first kappa shape index (κ1) is 16.7. The summed E-state index contributed by atoms with van der Waals surface area (Å²) in [4.78, 5) is 4.91. The molecule has 1 aromatic heterocycles. The Hall–Kier alpha value is -2.18. The number of nitrogens with zero attached hydrogens (tertiary/aromatic N) is 1. The molecule has 0 fully saturated rings. The second-order valence-electron chi connectivity index (χ2n) is 5.61. The van der Waals surface area contributed by atoms with Gasteiger partial charge in [-0.25, -0.2) is 13.4 Å². The number of anilines is 1. The number of rotatable bonds is 5. The van der Waals surface area contributed by atoms with Gasteiger partial charge in [0.05, 0.1) is 16.6 Å². The maximum atomic E-state index is 11.5. The van der Waals surface area contributed by atoms with Gasteiger partial charge in [-0.15, -0.1) is 11.3 Å². The molecule has 4 nitrogen and oxygen atoms in total. The Labute approximate surface area is 146 Å². The van der Waals surface area contributed by atoms with E-state index in [1.165, 1.54) is 23.2 Å². The van der Waals surface area contributed by atoms with E-state index >= 15 is 0 Å². The van der Waals surface area contributed by atoms with Crippen LogP contribution in [0.1, 0.15) is 18.5 Å². The third-order valence-corrected chi connectivity index (χ3v) is 5.62. The fourth-order valence-electron chi connectivity index (χ4n) is 2.36. The molecule has 0 bridgehead atoms. The summed E-state index contributed by atoms with van der Waals surface area (Å²) in [6.45, 7) is 2.09. The van der Waals surface area contributed by atoms with Crippen LogP contribution in [0.2, 0.25) is 0 Å². The Kier molecular flexibility index (Phi) is 4.69. The Morgan fingerprint density at radius 2 is 1.71 bits per heavy atom. The van der Waals surface area contributed by atoms with Gasteiger partial charge in [-0.1, -0.05) is 42.5 Å². The van der Waals surface area contributed by atoms with E-state index in [9.17, 15) is 8.42 Å². The molecular weight excluding hydrogens is 340 g/mol. The lowest BCUT2D eigenvalue weighted by molar-refractivity contribution is 0.602. The van der Waals surface area contributed by atoms with Crippen molar-refractivity contribution < 1.29 is 8.42 Å². The molecule has 1 atom stereocenters. The number of benzene rings is 2. The zero-order chi connectivity index (χ0) is 17.2. The van der Waals surface area contributed by atoms with Gasteiger partial charge < -0.3 is 5.32 Å². The predicted octanol–water partition coefficient (Wildman–Crippen LogP) is 4.39. The lowest BCUT2D eigenvalue weighted by Crippen LogP contribution is -2.05. The molecule has 0 saturated carbocycles. The van der Waals surface area contributed by atoms with E-state index in [-0.39, 0.29) is 6.04 Å². The van der Waals surface area contributed by atoms with Crippen molar-refractivity contribution in [2.45, 2.75) is 17.9 Å². The zero-order valence-electron chi connectivity index (χ0n) is 13.4. The van der Waals surface area contributed by atoms with Crippen molar-refractivity contribution in [3.05, 3.63) is 65.5 Å². The third-order valence-electron chi connectivity index (χ3n) is 3.72. The van der Waals surface area contributed by atoms with E-state index in [0.717, 1.165) is 16.4 Å². The summed E-state index contributed by atoms with van der Waals surface area (Å²) < 4.78 is 23.0. The fourth-order valence-corrected chi connectivity index (χ4v) is 3.79. The van der Waals surface area contributed by atoms with Crippen LogP contribution in [0.25, 0.3) is 11.3 Å². The van der Waals surface area contributed by atoms with Crippen molar-refractivity contribution in [3.63, 3.8) is 0 Å². The van der Waals surface area contributed by atoms with Crippen LogP contribution in [0.3, 0.4) is 0 Å². The highest BCUT2D eigenvalue weighted by atomic mass is 32.2. The molecule has 124 valence electrons. The van der Waals surface area contributed by atoms with Crippen molar-refractivity contribution in [3.8, 4) is 11.3 Å². The van der Waals surface area contributed by atoms with Gasteiger partial charge in [0.25, 0.3) is 0 Å². The van der Waals surface area contributed by atoms with Gasteiger partial charge in [0, 0.05) is 17.2 Å². The van der Waals surface area contributed by atoms with Gasteiger partial charge in [0.1, 0.15) is 0 Å². The highest BCUT2D eigenvalue weighted by Gasteiger charge is 2.11. The summed E-state index contributed by atoms with van der Waals surface area (Å²) in [6.07, 6.45) is 1.21. The number of thiazole rings is 1. The highest BCUT2D eigenvalue weighted by Crippen LogP contribution is 2.28. The lowest BCUT2D eigenvalue weighted by Gasteiger charge is -2.12. The van der Waals surface area contributed by atoms with Crippen LogP contribution in [0, 0.1) is 0 Å². The molecule has 0 amide bonds. The average Bonchev–Trinajstić information content (AvgIpc) is 3.03. The van der Waals surface area contributed by atoms with E-state index in [1.54, 1.807) is 24.3 Å². The van der Waals surface area contributed by atoms with Crippen LogP contribution < -0.4 is 5.32 Å². The molecule has 0 aliphatic carbocycles. The largest absolute Gasteiger partial charge is 0.355 e. The van der Waals surface area contributed by atoms with E-state index in [1.807, 2.05) is 23.6 Å². The SMILES string of the molecule is CC(Nc1nc(-c2ccc(S(C)(=O)=O)cc2)cs1)c1ccccc1. The smallest absolute Gasteiger partial charge is 0.183 e. The molecule has 1 unspecified atom stereocenters. The topological polar surface area (TPSA) is 59.1 Å². The molecule has 3 rings (SSSR count). The predicted molar refractivity (Wildman–Crippen MR) is 99.1 cm³/mol. The molecule has 1 N–H and O–H groups in total. The normalized spacial score (nSPS) is 12.8. The fraction of sp³-hybridized carbons (Fsp3) is 0.167. The number of hydrogen-bond donors (Lipinski definition) is 1. The Bertz CT molecular complexity index is 917. The summed E-state index contributed by atoms with van der Waals surface area (Å²) in [5.41, 5.74) is 2.94. The number of nitrogens with one attached hydrogen (secondary N) is 1. The maximum absolute atomic E-state index is 11.5. The van der Waals surface area contributed by atoms with E-state index in [4.69, 9.17) is 0 Å². The first-order chi connectivity index (χ1) is 11.4. The molecule has 0 radical (unpaired) electrons. The minimum Gasteiger partial charge on any atom is -0.355 e. The van der Waals surface area contributed by atoms with Crippen molar-refractivity contribution in [1.82, 2.24) is 4.98 Å². The van der Waals surface area contributed by atoms with Gasteiger partial charge in [-0.2, -0.15) is 0 Å². The summed E-state index contributed by atoms with van der Waals surface area (Å²) in [6, 6.07) is 17.2. The van der Waals surface area contributed by atoms with E-state index in [2.05, 4.69) is 29.4 Å². The van der Waals surface area contributed by atoms with Crippen molar-refractivity contribution in [2.24, 2.45) is 0 Å². The summed E-state index contributed by atoms with van der Waals surface area (Å²) in [7, 11) is -3.17. The Morgan fingerprint density at radius 1 is 1.04 bits per heavy atom. The van der Waals surface area contributed by atoms with Crippen LogP contribution in [0.5, 0.6) is 0 Å². The molecule has 1 heterocycles. The van der Waals surface area contributed by atoms with Crippen LogP contribution in [-0.4, -0.2) is 19.7 Å². The van der Waals surface area contributed by atoms with Crippen molar-refractivity contribution >= 4 is 26.3 Å². The van der Waals surface area contributed by atoms with Gasteiger partial charge >= 0.3 is 0 Å². The molecule has 0 aliphatic rings. The molecule has 2 aromatic carbocycles. The number of aromatic nitrogens is 1. The van der Waals surface area contributed by atoms with Gasteiger partial charge in [-0.3, -0.25) is 0 Å². The molecule has 3 aromatic rings. The minimum absolute atomic E-state index is 0.165. The summed E-state index contributed by atoms with van der Waals surface area (Å²) in [5.74, 6) is 0. The quantitative estimate of drug-likeness (QED) is 0.735. The first-order valence-electron chi connectivity index (χ1n) is 7.51. The first-order valence-corrected chi connectivity index (χ1v) is 10.3. The monoisotopic (exact) mass is 358 g/mol. The van der Waals surface area contributed by atoms with Crippen LogP contribution in [-0.2, 0) is 9.84 Å². The second kappa shape index (κ2) is 6.75. The Morgan fingerprint density at radius 3 is 2.33 bits per heavy atom. The molecule has 0 aliphatic heterocycles. The summed E-state index contributed by atoms with van der Waals surface area (Å²) in [5, 5.41) is 6.20. The van der Waals surface area contributed by atoms with Gasteiger partial charge in [0.15, 0.2) is 15.0 Å². The molecule has 0 saturated heterocycles. The zero-order valence-corrected chi connectivity index (χ0v) is 15.1. The third kappa shape index (κ3) is 3.83. The molecule has 24 heavy (non-hydrogen) atoms.